The molecule has 0 aliphatic heterocycles. The van der Waals surface area contributed by atoms with Crippen molar-refractivity contribution in [2.24, 2.45) is 0 Å². The van der Waals surface area contributed by atoms with Gasteiger partial charge < -0.3 is 9.84 Å². The Balaban J connectivity index is 2.28. The molecule has 1 N–H and O–H groups in total. The standard InChI is InChI=1S/C14H12Cl2O2/c1-9-2-4-13(11(15)6-9)18-14-5-3-10(8-17)7-12(14)16/h2-7,17H,8H2,1H3. The van der Waals surface area contributed by atoms with E-state index in [-0.39, 0.29) is 6.61 Å². The van der Waals surface area contributed by atoms with Crippen LogP contribution >= 0.6 is 23.2 Å². The molecule has 0 spiro atoms. The smallest absolute Gasteiger partial charge is 0.146 e. The van der Waals surface area contributed by atoms with Gasteiger partial charge in [0.1, 0.15) is 11.5 Å². The van der Waals surface area contributed by atoms with Crippen LogP contribution in [-0.4, -0.2) is 5.11 Å². The maximum Gasteiger partial charge on any atom is 0.146 e. The molecule has 2 aromatic rings. The van der Waals surface area contributed by atoms with E-state index in [0.29, 0.717) is 21.5 Å². The second-order valence-electron chi connectivity index (χ2n) is 3.96. The van der Waals surface area contributed by atoms with Crippen LogP contribution in [0.1, 0.15) is 11.1 Å². The van der Waals surface area contributed by atoms with Crippen LogP contribution in [0, 0.1) is 6.92 Å². The van der Waals surface area contributed by atoms with Gasteiger partial charge in [-0.1, -0.05) is 35.3 Å². The van der Waals surface area contributed by atoms with Crippen molar-refractivity contribution >= 4 is 23.2 Å². The lowest BCUT2D eigenvalue weighted by Crippen LogP contribution is -1.89. The second kappa shape index (κ2) is 5.61. The Morgan fingerprint density at radius 2 is 1.61 bits per heavy atom. The molecule has 0 aromatic heterocycles. The summed E-state index contributed by atoms with van der Waals surface area (Å²) in [6, 6.07) is 10.7. The molecule has 2 rings (SSSR count). The van der Waals surface area contributed by atoms with Gasteiger partial charge in [-0.25, -0.2) is 0 Å². The molecule has 0 aliphatic carbocycles. The van der Waals surface area contributed by atoms with Crippen LogP contribution in [0.3, 0.4) is 0 Å². The molecule has 0 aliphatic rings. The zero-order chi connectivity index (χ0) is 13.1. The van der Waals surface area contributed by atoms with E-state index in [4.69, 9.17) is 33.0 Å². The average molecular weight is 283 g/mol. The molecule has 0 atom stereocenters. The van der Waals surface area contributed by atoms with Crippen LogP contribution in [0.4, 0.5) is 0 Å². The Hall–Kier alpha value is -1.22. The van der Waals surface area contributed by atoms with Crippen molar-refractivity contribution < 1.29 is 9.84 Å². The van der Waals surface area contributed by atoms with E-state index in [0.717, 1.165) is 11.1 Å². The summed E-state index contributed by atoms with van der Waals surface area (Å²) in [7, 11) is 0. The minimum absolute atomic E-state index is 0.0503. The fraction of sp³-hybridized carbons (Fsp3) is 0.143. The SMILES string of the molecule is Cc1ccc(Oc2ccc(CO)cc2Cl)c(Cl)c1. The number of ether oxygens (including phenoxy) is 1. The first-order valence-electron chi connectivity index (χ1n) is 5.43. The van der Waals surface area contributed by atoms with Crippen molar-refractivity contribution in [2.75, 3.05) is 0 Å². The summed E-state index contributed by atoms with van der Waals surface area (Å²) >= 11 is 12.1. The number of benzene rings is 2. The van der Waals surface area contributed by atoms with Crippen LogP contribution < -0.4 is 4.74 Å². The van der Waals surface area contributed by atoms with Gasteiger partial charge in [0.05, 0.1) is 16.7 Å². The van der Waals surface area contributed by atoms with E-state index >= 15 is 0 Å². The van der Waals surface area contributed by atoms with Crippen molar-refractivity contribution in [3.05, 3.63) is 57.6 Å². The van der Waals surface area contributed by atoms with Gasteiger partial charge in [-0.05, 0) is 42.3 Å². The molecule has 4 heteroatoms. The van der Waals surface area contributed by atoms with Gasteiger partial charge in [0.25, 0.3) is 0 Å². The first-order valence-corrected chi connectivity index (χ1v) is 6.19. The van der Waals surface area contributed by atoms with Crippen molar-refractivity contribution in [3.63, 3.8) is 0 Å². The molecule has 0 amide bonds. The number of aliphatic hydroxyl groups is 1. The third-order valence-electron chi connectivity index (χ3n) is 2.49. The monoisotopic (exact) mass is 282 g/mol. The van der Waals surface area contributed by atoms with E-state index in [1.165, 1.54) is 0 Å². The number of aryl methyl sites for hydroxylation is 1. The summed E-state index contributed by atoms with van der Waals surface area (Å²) in [6.45, 7) is 1.91. The van der Waals surface area contributed by atoms with E-state index in [1.807, 2.05) is 19.1 Å². The molecule has 0 bridgehead atoms. The van der Waals surface area contributed by atoms with Crippen LogP contribution in [0.5, 0.6) is 11.5 Å². The quantitative estimate of drug-likeness (QED) is 0.893. The first-order chi connectivity index (χ1) is 8.60. The number of hydrogen-bond acceptors (Lipinski definition) is 2. The molecule has 0 unspecified atom stereocenters. The fourth-order valence-electron chi connectivity index (χ4n) is 1.53. The van der Waals surface area contributed by atoms with Gasteiger partial charge in [-0.15, -0.1) is 0 Å². The van der Waals surface area contributed by atoms with Gasteiger partial charge in [-0.2, -0.15) is 0 Å². The summed E-state index contributed by atoms with van der Waals surface area (Å²) < 4.78 is 5.65. The highest BCUT2D eigenvalue weighted by atomic mass is 35.5. The van der Waals surface area contributed by atoms with E-state index < -0.39 is 0 Å². The molecular weight excluding hydrogens is 271 g/mol. The number of hydrogen-bond donors (Lipinski definition) is 1. The number of aliphatic hydroxyl groups excluding tert-OH is 1. The number of rotatable bonds is 3. The zero-order valence-corrected chi connectivity index (χ0v) is 11.3. The molecule has 0 heterocycles. The van der Waals surface area contributed by atoms with Crippen molar-refractivity contribution in [3.8, 4) is 11.5 Å². The Labute approximate surface area is 116 Å². The Morgan fingerprint density at radius 3 is 2.17 bits per heavy atom. The second-order valence-corrected chi connectivity index (χ2v) is 4.77. The summed E-state index contributed by atoms with van der Waals surface area (Å²) in [4.78, 5) is 0. The molecule has 0 saturated carbocycles. The lowest BCUT2D eigenvalue weighted by atomic mass is 10.2. The van der Waals surface area contributed by atoms with E-state index in [1.54, 1.807) is 24.3 Å². The predicted octanol–water partition coefficient (Wildman–Crippen LogP) is 4.59. The van der Waals surface area contributed by atoms with Crippen molar-refractivity contribution in [2.45, 2.75) is 13.5 Å². The van der Waals surface area contributed by atoms with Crippen LogP contribution in [0.15, 0.2) is 36.4 Å². The lowest BCUT2D eigenvalue weighted by molar-refractivity contribution is 0.281. The third kappa shape index (κ3) is 2.96. The Morgan fingerprint density at radius 1 is 1.00 bits per heavy atom. The van der Waals surface area contributed by atoms with Crippen LogP contribution in [-0.2, 0) is 6.61 Å². The van der Waals surface area contributed by atoms with Gasteiger partial charge in [0.2, 0.25) is 0 Å². The van der Waals surface area contributed by atoms with E-state index in [9.17, 15) is 0 Å². The van der Waals surface area contributed by atoms with Crippen molar-refractivity contribution in [1.82, 2.24) is 0 Å². The predicted molar refractivity (Wildman–Crippen MR) is 73.6 cm³/mol. The summed E-state index contributed by atoms with van der Waals surface area (Å²) in [6.07, 6.45) is 0. The van der Waals surface area contributed by atoms with Gasteiger partial charge >= 0.3 is 0 Å². The van der Waals surface area contributed by atoms with Gasteiger partial charge in [0, 0.05) is 0 Å². The third-order valence-corrected chi connectivity index (χ3v) is 3.08. The summed E-state index contributed by atoms with van der Waals surface area (Å²) in [5.41, 5.74) is 1.80. The summed E-state index contributed by atoms with van der Waals surface area (Å²) in [5.74, 6) is 1.07. The molecule has 2 aromatic carbocycles. The fourth-order valence-corrected chi connectivity index (χ4v) is 2.05. The molecule has 2 nitrogen and oxygen atoms in total. The normalized spacial score (nSPS) is 10.4. The maximum atomic E-state index is 9.00. The first kappa shape index (κ1) is 13.2. The molecular formula is C14H12Cl2O2. The molecule has 0 radical (unpaired) electrons. The average Bonchev–Trinajstić information content (AvgIpc) is 2.34. The van der Waals surface area contributed by atoms with Crippen LogP contribution in [0.2, 0.25) is 10.0 Å². The molecule has 0 fully saturated rings. The number of halogens is 2. The van der Waals surface area contributed by atoms with Crippen molar-refractivity contribution in [1.29, 1.82) is 0 Å². The highest BCUT2D eigenvalue weighted by Crippen LogP contribution is 2.34. The topological polar surface area (TPSA) is 29.5 Å². The molecule has 0 saturated heterocycles. The Bertz CT molecular complexity index is 568. The van der Waals surface area contributed by atoms with E-state index in [2.05, 4.69) is 0 Å². The minimum Gasteiger partial charge on any atom is -0.454 e. The zero-order valence-electron chi connectivity index (χ0n) is 9.78. The lowest BCUT2D eigenvalue weighted by Gasteiger charge is -2.10. The molecule has 18 heavy (non-hydrogen) atoms. The highest BCUT2D eigenvalue weighted by molar-refractivity contribution is 6.33. The minimum atomic E-state index is -0.0503. The van der Waals surface area contributed by atoms with Gasteiger partial charge in [-0.3, -0.25) is 0 Å². The Kier molecular flexibility index (Phi) is 4.12. The molecule has 94 valence electrons. The van der Waals surface area contributed by atoms with Gasteiger partial charge in [0.15, 0.2) is 0 Å². The highest BCUT2D eigenvalue weighted by Gasteiger charge is 2.07. The summed E-state index contributed by atoms with van der Waals surface area (Å²) in [5, 5.41) is 9.98. The largest absolute Gasteiger partial charge is 0.454 e. The maximum absolute atomic E-state index is 9.00. The van der Waals surface area contributed by atoms with Crippen LogP contribution in [0.25, 0.3) is 0 Å².